The van der Waals surface area contributed by atoms with Crippen LogP contribution in [0.1, 0.15) is 20.8 Å². The number of amides is 2. The molecule has 1 aromatic carbocycles. The number of rotatable bonds is 5. The summed E-state index contributed by atoms with van der Waals surface area (Å²) in [6.45, 7) is 4.47. The van der Waals surface area contributed by atoms with E-state index in [1.807, 2.05) is 0 Å². The van der Waals surface area contributed by atoms with Crippen LogP contribution in [0.2, 0.25) is 0 Å². The molecule has 1 rings (SSSR count). The highest BCUT2D eigenvalue weighted by Gasteiger charge is 2.25. The summed E-state index contributed by atoms with van der Waals surface area (Å²) in [5, 5.41) is 14.1. The third kappa shape index (κ3) is 4.38. The van der Waals surface area contributed by atoms with Gasteiger partial charge in [-0.15, -0.1) is 0 Å². The molecule has 0 saturated carbocycles. The summed E-state index contributed by atoms with van der Waals surface area (Å²) in [6.07, 6.45) is 0. The van der Waals surface area contributed by atoms with Crippen LogP contribution in [0.3, 0.4) is 0 Å². The van der Waals surface area contributed by atoms with Crippen LogP contribution in [0, 0.1) is 11.8 Å². The Hall–Kier alpha value is -2.37. The van der Waals surface area contributed by atoms with Gasteiger partial charge in [-0.2, -0.15) is 0 Å². The topological polar surface area (TPSA) is 95.5 Å². The lowest BCUT2D eigenvalue weighted by Crippen LogP contribution is -2.29. The van der Waals surface area contributed by atoms with Crippen LogP contribution in [0.25, 0.3) is 0 Å². The van der Waals surface area contributed by atoms with E-state index in [0.29, 0.717) is 11.4 Å². The smallest absolute Gasteiger partial charge is 0.307 e. The fourth-order valence-electron chi connectivity index (χ4n) is 1.54. The monoisotopic (exact) mass is 278 g/mol. The maximum atomic E-state index is 11.9. The number of benzene rings is 1. The molecule has 20 heavy (non-hydrogen) atoms. The SMILES string of the molecule is CC(=O)Nc1ccc(NC(=O)C(C)C(C)C(=O)O)cc1. The molecule has 0 heterocycles. The van der Waals surface area contributed by atoms with Crippen molar-refractivity contribution in [1.29, 1.82) is 0 Å². The van der Waals surface area contributed by atoms with E-state index in [1.54, 1.807) is 31.2 Å². The fourth-order valence-corrected chi connectivity index (χ4v) is 1.54. The molecule has 3 N–H and O–H groups in total. The van der Waals surface area contributed by atoms with E-state index < -0.39 is 17.8 Å². The van der Waals surface area contributed by atoms with Crippen LogP contribution in [-0.2, 0) is 14.4 Å². The van der Waals surface area contributed by atoms with E-state index in [0.717, 1.165) is 0 Å². The Morgan fingerprint density at radius 2 is 1.40 bits per heavy atom. The first kappa shape index (κ1) is 15.7. The predicted molar refractivity (Wildman–Crippen MR) is 75.3 cm³/mol. The lowest BCUT2D eigenvalue weighted by molar-refractivity contribution is -0.145. The number of nitrogens with one attached hydrogen (secondary N) is 2. The predicted octanol–water partition coefficient (Wildman–Crippen LogP) is 1.94. The second-order valence-corrected chi connectivity index (χ2v) is 4.66. The van der Waals surface area contributed by atoms with Gasteiger partial charge in [-0.1, -0.05) is 13.8 Å². The van der Waals surface area contributed by atoms with Gasteiger partial charge < -0.3 is 15.7 Å². The van der Waals surface area contributed by atoms with E-state index in [1.165, 1.54) is 13.8 Å². The molecule has 1 aromatic rings. The fraction of sp³-hybridized carbons (Fsp3) is 0.357. The van der Waals surface area contributed by atoms with E-state index in [2.05, 4.69) is 10.6 Å². The number of aliphatic carboxylic acids is 1. The Morgan fingerprint density at radius 3 is 1.80 bits per heavy atom. The van der Waals surface area contributed by atoms with Gasteiger partial charge in [0, 0.05) is 24.2 Å². The van der Waals surface area contributed by atoms with Crippen molar-refractivity contribution in [3.63, 3.8) is 0 Å². The zero-order valence-electron chi connectivity index (χ0n) is 11.6. The summed E-state index contributed by atoms with van der Waals surface area (Å²) >= 11 is 0. The molecule has 0 aliphatic heterocycles. The highest BCUT2D eigenvalue weighted by molar-refractivity contribution is 5.95. The maximum Gasteiger partial charge on any atom is 0.307 e. The van der Waals surface area contributed by atoms with Crippen LogP contribution in [0.15, 0.2) is 24.3 Å². The van der Waals surface area contributed by atoms with E-state index in [9.17, 15) is 14.4 Å². The molecule has 2 unspecified atom stereocenters. The van der Waals surface area contributed by atoms with Crippen molar-refractivity contribution < 1.29 is 19.5 Å². The Morgan fingerprint density at radius 1 is 0.950 bits per heavy atom. The minimum atomic E-state index is -1.01. The summed E-state index contributed by atoms with van der Waals surface area (Å²) in [6, 6.07) is 6.59. The van der Waals surface area contributed by atoms with Gasteiger partial charge in [0.25, 0.3) is 0 Å². The van der Waals surface area contributed by atoms with Crippen molar-refractivity contribution in [3.8, 4) is 0 Å². The third-order valence-electron chi connectivity index (χ3n) is 3.03. The summed E-state index contributed by atoms with van der Waals surface area (Å²) < 4.78 is 0. The quantitative estimate of drug-likeness (QED) is 0.767. The van der Waals surface area contributed by atoms with Crippen molar-refractivity contribution >= 4 is 29.2 Å². The second kappa shape index (κ2) is 6.70. The first-order valence-electron chi connectivity index (χ1n) is 6.22. The molecule has 0 spiro atoms. The number of hydrogen-bond donors (Lipinski definition) is 3. The zero-order chi connectivity index (χ0) is 15.3. The van der Waals surface area contributed by atoms with Crippen LogP contribution < -0.4 is 10.6 Å². The Kier molecular flexibility index (Phi) is 5.25. The number of carbonyl (C=O) groups is 3. The van der Waals surface area contributed by atoms with Crippen LogP contribution in [-0.4, -0.2) is 22.9 Å². The summed E-state index contributed by atoms with van der Waals surface area (Å²) in [7, 11) is 0. The van der Waals surface area contributed by atoms with Gasteiger partial charge in [0.1, 0.15) is 0 Å². The largest absolute Gasteiger partial charge is 0.481 e. The van der Waals surface area contributed by atoms with Crippen molar-refractivity contribution in [2.75, 3.05) is 10.6 Å². The second-order valence-electron chi connectivity index (χ2n) is 4.66. The van der Waals surface area contributed by atoms with Gasteiger partial charge in [0.15, 0.2) is 0 Å². The zero-order valence-corrected chi connectivity index (χ0v) is 11.6. The minimum Gasteiger partial charge on any atom is -0.481 e. The van der Waals surface area contributed by atoms with Crippen molar-refractivity contribution in [2.45, 2.75) is 20.8 Å². The molecule has 0 aliphatic carbocycles. The van der Waals surface area contributed by atoms with Crippen molar-refractivity contribution in [1.82, 2.24) is 0 Å². The molecule has 0 radical (unpaired) electrons. The highest BCUT2D eigenvalue weighted by atomic mass is 16.4. The molecule has 0 aliphatic rings. The lowest BCUT2D eigenvalue weighted by atomic mass is 9.95. The van der Waals surface area contributed by atoms with Gasteiger partial charge >= 0.3 is 5.97 Å². The Labute approximate surface area is 117 Å². The normalized spacial score (nSPS) is 13.2. The maximum absolute atomic E-state index is 11.9. The number of hydrogen-bond acceptors (Lipinski definition) is 3. The average Bonchev–Trinajstić information content (AvgIpc) is 2.38. The molecule has 6 heteroatoms. The van der Waals surface area contributed by atoms with Gasteiger partial charge in [0.2, 0.25) is 11.8 Å². The molecular formula is C14H18N2O4. The Balaban J connectivity index is 2.66. The molecule has 0 bridgehead atoms. The van der Waals surface area contributed by atoms with Gasteiger partial charge in [0.05, 0.1) is 5.92 Å². The van der Waals surface area contributed by atoms with Crippen LogP contribution in [0.4, 0.5) is 11.4 Å². The lowest BCUT2D eigenvalue weighted by Gasteiger charge is -2.16. The molecule has 0 saturated heterocycles. The minimum absolute atomic E-state index is 0.175. The highest BCUT2D eigenvalue weighted by Crippen LogP contribution is 2.17. The van der Waals surface area contributed by atoms with Crippen LogP contribution in [0.5, 0.6) is 0 Å². The van der Waals surface area contributed by atoms with Gasteiger partial charge in [-0.3, -0.25) is 14.4 Å². The number of carboxylic acids is 1. The van der Waals surface area contributed by atoms with E-state index in [4.69, 9.17) is 5.11 Å². The van der Waals surface area contributed by atoms with Crippen molar-refractivity contribution in [2.24, 2.45) is 11.8 Å². The molecule has 2 atom stereocenters. The molecule has 108 valence electrons. The standard InChI is InChI=1S/C14H18N2O4/c1-8(9(2)14(19)20)13(18)16-12-6-4-11(5-7-12)15-10(3)17/h4-9H,1-3H3,(H,15,17)(H,16,18)(H,19,20). The molecular weight excluding hydrogens is 260 g/mol. The van der Waals surface area contributed by atoms with E-state index in [-0.39, 0.29) is 11.8 Å². The number of carboxylic acid groups (broad SMARTS) is 1. The molecule has 6 nitrogen and oxygen atoms in total. The molecule has 0 aromatic heterocycles. The summed E-state index contributed by atoms with van der Waals surface area (Å²) in [4.78, 5) is 33.6. The van der Waals surface area contributed by atoms with E-state index >= 15 is 0 Å². The number of anilines is 2. The summed E-state index contributed by atoms with van der Waals surface area (Å²) in [5.41, 5.74) is 1.18. The number of carbonyl (C=O) groups excluding carboxylic acids is 2. The first-order valence-corrected chi connectivity index (χ1v) is 6.22. The molecule has 0 fully saturated rings. The third-order valence-corrected chi connectivity index (χ3v) is 3.03. The van der Waals surface area contributed by atoms with Crippen LogP contribution >= 0.6 is 0 Å². The van der Waals surface area contributed by atoms with Gasteiger partial charge in [-0.05, 0) is 24.3 Å². The van der Waals surface area contributed by atoms with Crippen molar-refractivity contribution in [3.05, 3.63) is 24.3 Å². The Bertz CT molecular complexity index is 510. The van der Waals surface area contributed by atoms with Gasteiger partial charge in [-0.25, -0.2) is 0 Å². The first-order chi connectivity index (χ1) is 9.31. The summed E-state index contributed by atoms with van der Waals surface area (Å²) in [5.74, 6) is -2.93. The molecule has 2 amide bonds. The average molecular weight is 278 g/mol.